The molecule has 4 rings (SSSR count). The zero-order valence-corrected chi connectivity index (χ0v) is 17.5. The number of nitrogens with zero attached hydrogens (tertiary/aromatic N) is 3. The summed E-state index contributed by atoms with van der Waals surface area (Å²) >= 11 is 1.25. The topological polar surface area (TPSA) is 47.5 Å². The van der Waals surface area contributed by atoms with Crippen LogP contribution in [0.15, 0.2) is 24.3 Å². The molecular formula is C22H27N3O2S. The van der Waals surface area contributed by atoms with Gasteiger partial charge in [-0.2, -0.15) is 4.37 Å². The Labute approximate surface area is 171 Å². The summed E-state index contributed by atoms with van der Waals surface area (Å²) in [5, 5.41) is 0. The Balaban J connectivity index is 1.52. The molecule has 1 aromatic heterocycles. The molecule has 3 heterocycles. The van der Waals surface area contributed by atoms with Gasteiger partial charge in [-0.1, -0.05) is 31.8 Å². The molecule has 1 aromatic carbocycles. The van der Waals surface area contributed by atoms with Gasteiger partial charge in [0.05, 0.1) is 18.8 Å². The fraction of sp³-hybridized carbons (Fsp3) is 0.545. The summed E-state index contributed by atoms with van der Waals surface area (Å²) in [4.78, 5) is 2.55. The van der Waals surface area contributed by atoms with Gasteiger partial charge in [-0.3, -0.25) is 0 Å². The highest BCUT2D eigenvalue weighted by Gasteiger charge is 2.39. The van der Waals surface area contributed by atoms with Crippen LogP contribution in [0, 0.1) is 23.7 Å². The average molecular weight is 398 g/mol. The summed E-state index contributed by atoms with van der Waals surface area (Å²) in [6.45, 7) is 7.72. The van der Waals surface area contributed by atoms with Crippen LogP contribution in [0.3, 0.4) is 0 Å². The van der Waals surface area contributed by atoms with E-state index in [0.29, 0.717) is 17.7 Å². The molecule has 0 N–H and O–H groups in total. The van der Waals surface area contributed by atoms with Crippen LogP contribution < -0.4 is 9.47 Å². The summed E-state index contributed by atoms with van der Waals surface area (Å²) < 4.78 is 20.7. The van der Waals surface area contributed by atoms with E-state index < -0.39 is 0 Å². The Hall–Kier alpha value is -2.10. The highest BCUT2D eigenvalue weighted by atomic mass is 32.1. The molecule has 0 saturated carbocycles. The minimum atomic E-state index is -0.227. The Kier molecular flexibility index (Phi) is 5.84. The predicted molar refractivity (Wildman–Crippen MR) is 111 cm³/mol. The Morgan fingerprint density at radius 2 is 2.14 bits per heavy atom. The number of rotatable bonds is 5. The fourth-order valence-electron chi connectivity index (χ4n) is 4.13. The molecule has 5 nitrogen and oxygen atoms in total. The molecule has 0 radical (unpaired) electrons. The normalized spacial score (nSPS) is 24.5. The van der Waals surface area contributed by atoms with E-state index in [1.165, 1.54) is 37.7 Å². The van der Waals surface area contributed by atoms with Crippen LogP contribution in [0.4, 0.5) is 0 Å². The van der Waals surface area contributed by atoms with Crippen molar-refractivity contribution in [3.05, 3.63) is 35.5 Å². The lowest BCUT2D eigenvalue weighted by Crippen LogP contribution is -2.25. The molecular weight excluding hydrogens is 370 g/mol. The van der Waals surface area contributed by atoms with Crippen molar-refractivity contribution in [3.8, 4) is 23.5 Å². The first kappa shape index (κ1) is 19.2. The van der Waals surface area contributed by atoms with Crippen LogP contribution >= 0.6 is 11.7 Å². The van der Waals surface area contributed by atoms with E-state index >= 15 is 0 Å². The Bertz CT molecular complexity index is 870. The van der Waals surface area contributed by atoms with Crippen molar-refractivity contribution < 1.29 is 9.47 Å². The van der Waals surface area contributed by atoms with Crippen LogP contribution in [0.25, 0.3) is 0 Å². The molecule has 2 unspecified atom stereocenters. The van der Waals surface area contributed by atoms with E-state index in [2.05, 4.69) is 39.3 Å². The standard InChI is InChI=1S/C22H27N3O2S/c1-15(2)20(10-9-16-6-4-8-18(12-16)26-3)27-22-21(23-28-24-22)19-14-25-11-5-7-17(19)13-25/h4,6,8,12,15,17,19-20H,5,7,11,13-14H2,1-3H3/t17-,19+,20?/m0/s1. The first-order valence-corrected chi connectivity index (χ1v) is 10.7. The zero-order valence-electron chi connectivity index (χ0n) is 16.7. The number of fused-ring (bicyclic) bond motifs is 2. The first-order chi connectivity index (χ1) is 13.6. The number of piperidine rings is 1. The van der Waals surface area contributed by atoms with Crippen molar-refractivity contribution in [1.29, 1.82) is 0 Å². The highest BCUT2D eigenvalue weighted by molar-refractivity contribution is 6.99. The number of ether oxygens (including phenoxy) is 2. The van der Waals surface area contributed by atoms with Crippen LogP contribution in [-0.2, 0) is 0 Å². The largest absolute Gasteiger partial charge is 0.497 e. The van der Waals surface area contributed by atoms with Gasteiger partial charge in [0.2, 0.25) is 0 Å². The molecule has 2 aliphatic rings. The summed E-state index contributed by atoms with van der Waals surface area (Å²) in [6, 6.07) is 7.79. The third-order valence-electron chi connectivity index (χ3n) is 5.67. The van der Waals surface area contributed by atoms with Crippen LogP contribution in [0.2, 0.25) is 0 Å². The third-order valence-corrected chi connectivity index (χ3v) is 6.20. The molecule has 2 fully saturated rings. The second kappa shape index (κ2) is 8.50. The van der Waals surface area contributed by atoms with Gasteiger partial charge in [0.15, 0.2) is 6.10 Å². The van der Waals surface area contributed by atoms with Gasteiger partial charge in [0.25, 0.3) is 5.88 Å². The lowest BCUT2D eigenvalue weighted by molar-refractivity contribution is 0.196. The Morgan fingerprint density at radius 1 is 1.25 bits per heavy atom. The Morgan fingerprint density at radius 3 is 2.93 bits per heavy atom. The van der Waals surface area contributed by atoms with Gasteiger partial charge in [-0.25, -0.2) is 0 Å². The summed E-state index contributed by atoms with van der Waals surface area (Å²) in [6.07, 6.45) is 2.34. The predicted octanol–water partition coefficient (Wildman–Crippen LogP) is 3.81. The second-order valence-electron chi connectivity index (χ2n) is 8.01. The van der Waals surface area contributed by atoms with Gasteiger partial charge < -0.3 is 14.4 Å². The number of benzene rings is 1. The van der Waals surface area contributed by atoms with Crippen LogP contribution in [0.5, 0.6) is 11.6 Å². The minimum absolute atomic E-state index is 0.227. The molecule has 0 aliphatic carbocycles. The van der Waals surface area contributed by atoms with Crippen molar-refractivity contribution in [2.45, 2.75) is 38.7 Å². The number of aromatic nitrogens is 2. The van der Waals surface area contributed by atoms with E-state index in [4.69, 9.17) is 9.47 Å². The molecule has 0 amide bonds. The maximum absolute atomic E-state index is 6.30. The van der Waals surface area contributed by atoms with Gasteiger partial charge >= 0.3 is 0 Å². The van der Waals surface area contributed by atoms with Crippen molar-refractivity contribution in [3.63, 3.8) is 0 Å². The quantitative estimate of drug-likeness (QED) is 0.718. The third kappa shape index (κ3) is 4.16. The maximum Gasteiger partial charge on any atom is 0.250 e. The monoisotopic (exact) mass is 397 g/mol. The second-order valence-corrected chi connectivity index (χ2v) is 8.54. The van der Waals surface area contributed by atoms with Crippen molar-refractivity contribution >= 4 is 11.7 Å². The molecule has 148 valence electrons. The molecule has 2 aromatic rings. The van der Waals surface area contributed by atoms with Crippen molar-refractivity contribution in [2.24, 2.45) is 11.8 Å². The molecule has 2 aliphatic heterocycles. The van der Waals surface area contributed by atoms with Gasteiger partial charge in [0.1, 0.15) is 11.4 Å². The average Bonchev–Trinajstić information content (AvgIpc) is 3.28. The first-order valence-electron chi connectivity index (χ1n) is 10.0. The smallest absolute Gasteiger partial charge is 0.250 e. The molecule has 6 heteroatoms. The van der Waals surface area contributed by atoms with Gasteiger partial charge in [-0.15, -0.1) is 4.37 Å². The molecule has 4 atom stereocenters. The van der Waals surface area contributed by atoms with Gasteiger partial charge in [-0.05, 0) is 43.5 Å². The van der Waals surface area contributed by atoms with E-state index in [0.717, 1.165) is 23.6 Å². The van der Waals surface area contributed by atoms with Crippen molar-refractivity contribution in [1.82, 2.24) is 13.6 Å². The zero-order chi connectivity index (χ0) is 19.5. The number of hydrogen-bond donors (Lipinski definition) is 0. The number of hydrogen-bond acceptors (Lipinski definition) is 6. The van der Waals surface area contributed by atoms with Crippen molar-refractivity contribution in [2.75, 3.05) is 26.7 Å². The van der Waals surface area contributed by atoms with E-state index in [1.807, 2.05) is 24.3 Å². The summed E-state index contributed by atoms with van der Waals surface area (Å²) in [5.74, 6) is 9.38. The molecule has 28 heavy (non-hydrogen) atoms. The highest BCUT2D eigenvalue weighted by Crippen LogP contribution is 2.41. The van der Waals surface area contributed by atoms with Crippen LogP contribution in [-0.4, -0.2) is 46.5 Å². The lowest BCUT2D eigenvalue weighted by Gasteiger charge is -2.22. The van der Waals surface area contributed by atoms with Gasteiger partial charge in [0, 0.05) is 30.5 Å². The van der Waals surface area contributed by atoms with E-state index in [-0.39, 0.29) is 12.0 Å². The maximum atomic E-state index is 6.30. The fourth-order valence-corrected chi connectivity index (χ4v) is 4.68. The summed E-state index contributed by atoms with van der Waals surface area (Å²) in [7, 11) is 1.66. The van der Waals surface area contributed by atoms with Crippen LogP contribution in [0.1, 0.15) is 43.9 Å². The minimum Gasteiger partial charge on any atom is -0.497 e. The molecule has 0 spiro atoms. The summed E-state index contributed by atoms with van der Waals surface area (Å²) in [5.41, 5.74) is 1.95. The molecule has 2 saturated heterocycles. The van der Waals surface area contributed by atoms with E-state index in [9.17, 15) is 0 Å². The molecule has 2 bridgehead atoms. The number of methoxy groups -OCH3 is 1. The lowest BCUT2D eigenvalue weighted by atomic mass is 9.89. The SMILES string of the molecule is COc1cccc(C#CC(Oc2nsnc2[C@@H]2CN3CCC[C@H]2C3)C(C)C)c1. The van der Waals surface area contributed by atoms with E-state index in [1.54, 1.807) is 7.11 Å².